The molecule has 0 unspecified atom stereocenters. The molecule has 21 heavy (non-hydrogen) atoms. The van der Waals surface area contributed by atoms with Crippen LogP contribution in [0.3, 0.4) is 0 Å². The minimum atomic E-state index is 0.0675. The fourth-order valence-electron chi connectivity index (χ4n) is 2.75. The second-order valence-electron chi connectivity index (χ2n) is 5.81. The highest BCUT2D eigenvalue weighted by Gasteiger charge is 2.18. The maximum Gasteiger partial charge on any atom is 0.220 e. The van der Waals surface area contributed by atoms with E-state index in [1.807, 2.05) is 19.1 Å². The van der Waals surface area contributed by atoms with Gasteiger partial charge in [0.15, 0.2) is 0 Å². The lowest BCUT2D eigenvalue weighted by molar-refractivity contribution is -0.122. The van der Waals surface area contributed by atoms with Crippen molar-refractivity contribution >= 4 is 29.1 Å². The number of carbonyl (C=O) groups is 1. The number of rotatable bonds is 5. The number of benzene rings is 1. The quantitative estimate of drug-likeness (QED) is 0.869. The van der Waals surface area contributed by atoms with Crippen LogP contribution in [0, 0.1) is 5.92 Å². The lowest BCUT2D eigenvalue weighted by atomic mass is 9.94. The normalized spacial score (nSPS) is 17.5. The Morgan fingerprint density at radius 1 is 1.38 bits per heavy atom. The van der Waals surface area contributed by atoms with Crippen LogP contribution in [0.2, 0.25) is 10.0 Å². The van der Waals surface area contributed by atoms with Crippen molar-refractivity contribution in [2.24, 2.45) is 5.92 Å². The van der Waals surface area contributed by atoms with Crippen molar-refractivity contribution in [3.05, 3.63) is 33.8 Å². The number of carbonyl (C=O) groups excluding carboxylic acids is 1. The molecule has 0 radical (unpaired) electrons. The molecule has 1 amide bonds. The highest BCUT2D eigenvalue weighted by atomic mass is 35.5. The van der Waals surface area contributed by atoms with Crippen molar-refractivity contribution in [3.8, 4) is 0 Å². The molecule has 0 aromatic heterocycles. The minimum Gasteiger partial charge on any atom is -0.353 e. The molecule has 1 atom stereocenters. The molecule has 2 N–H and O–H groups in total. The largest absolute Gasteiger partial charge is 0.353 e. The highest BCUT2D eigenvalue weighted by Crippen LogP contribution is 2.22. The molecule has 1 fully saturated rings. The van der Waals surface area contributed by atoms with Crippen LogP contribution in [0.5, 0.6) is 0 Å². The average Bonchev–Trinajstić information content (AvgIpc) is 2.43. The van der Waals surface area contributed by atoms with E-state index in [1.54, 1.807) is 6.07 Å². The lowest BCUT2D eigenvalue weighted by Crippen LogP contribution is -2.37. The van der Waals surface area contributed by atoms with Crippen LogP contribution in [-0.2, 0) is 11.2 Å². The molecule has 0 aliphatic carbocycles. The molecule has 1 aromatic carbocycles. The summed E-state index contributed by atoms with van der Waals surface area (Å²) in [4.78, 5) is 12.1. The van der Waals surface area contributed by atoms with E-state index in [0.717, 1.165) is 31.5 Å². The van der Waals surface area contributed by atoms with E-state index < -0.39 is 0 Å². The molecule has 1 saturated heterocycles. The van der Waals surface area contributed by atoms with Gasteiger partial charge in [-0.25, -0.2) is 0 Å². The Labute approximate surface area is 136 Å². The third kappa shape index (κ3) is 5.50. The Bertz CT molecular complexity index is 487. The molecule has 116 valence electrons. The number of amides is 1. The maximum atomic E-state index is 12.1. The Morgan fingerprint density at radius 3 is 2.76 bits per heavy atom. The third-order valence-corrected chi connectivity index (χ3v) is 4.47. The monoisotopic (exact) mass is 328 g/mol. The van der Waals surface area contributed by atoms with Gasteiger partial charge < -0.3 is 10.6 Å². The second kappa shape index (κ2) is 8.02. The number of hydrogen-bond acceptors (Lipinski definition) is 2. The zero-order chi connectivity index (χ0) is 15.2. The SMILES string of the molecule is C[C@H](Cc1ccc(Cl)cc1Cl)NC(=O)CC1CCNCC1. The van der Waals surface area contributed by atoms with Gasteiger partial charge >= 0.3 is 0 Å². The van der Waals surface area contributed by atoms with Crippen molar-refractivity contribution < 1.29 is 4.79 Å². The van der Waals surface area contributed by atoms with Gasteiger partial charge in [0.05, 0.1) is 0 Å². The van der Waals surface area contributed by atoms with Crippen molar-refractivity contribution in [1.29, 1.82) is 0 Å². The zero-order valence-electron chi connectivity index (χ0n) is 12.3. The minimum absolute atomic E-state index is 0.0675. The molecule has 0 bridgehead atoms. The summed E-state index contributed by atoms with van der Waals surface area (Å²) in [6.45, 7) is 4.05. The summed E-state index contributed by atoms with van der Waals surface area (Å²) >= 11 is 12.0. The van der Waals surface area contributed by atoms with Crippen molar-refractivity contribution in [3.63, 3.8) is 0 Å². The standard InChI is InChI=1S/C16H22Cl2N2O/c1-11(8-13-2-3-14(17)10-15(13)18)20-16(21)9-12-4-6-19-7-5-12/h2-3,10-12,19H,4-9H2,1H3,(H,20,21)/t11-/m1/s1. The van der Waals surface area contributed by atoms with E-state index in [2.05, 4.69) is 10.6 Å². The molecular formula is C16H22Cl2N2O. The molecule has 1 aliphatic heterocycles. The predicted molar refractivity (Wildman–Crippen MR) is 88.0 cm³/mol. The van der Waals surface area contributed by atoms with E-state index in [-0.39, 0.29) is 11.9 Å². The van der Waals surface area contributed by atoms with E-state index in [9.17, 15) is 4.79 Å². The van der Waals surface area contributed by atoms with Gasteiger partial charge in [0, 0.05) is 22.5 Å². The summed E-state index contributed by atoms with van der Waals surface area (Å²) in [6.07, 6.45) is 3.52. The molecule has 1 aromatic rings. The van der Waals surface area contributed by atoms with Crippen molar-refractivity contribution in [2.75, 3.05) is 13.1 Å². The van der Waals surface area contributed by atoms with Crippen LogP contribution in [0.15, 0.2) is 18.2 Å². The topological polar surface area (TPSA) is 41.1 Å². The van der Waals surface area contributed by atoms with E-state index in [0.29, 0.717) is 28.8 Å². The van der Waals surface area contributed by atoms with Gasteiger partial charge in [0.25, 0.3) is 0 Å². The Kier molecular flexibility index (Phi) is 6.34. The first-order valence-corrected chi connectivity index (χ1v) is 8.24. The summed E-state index contributed by atoms with van der Waals surface area (Å²) in [6, 6.07) is 5.55. The smallest absolute Gasteiger partial charge is 0.220 e. The number of nitrogens with one attached hydrogen (secondary N) is 2. The van der Waals surface area contributed by atoms with Crippen LogP contribution in [-0.4, -0.2) is 25.0 Å². The van der Waals surface area contributed by atoms with Gasteiger partial charge in [-0.1, -0.05) is 29.3 Å². The lowest BCUT2D eigenvalue weighted by Gasteiger charge is -2.23. The Morgan fingerprint density at radius 2 is 2.10 bits per heavy atom. The molecule has 0 saturated carbocycles. The first kappa shape index (κ1) is 16.6. The van der Waals surface area contributed by atoms with Crippen LogP contribution >= 0.6 is 23.2 Å². The fraction of sp³-hybridized carbons (Fsp3) is 0.562. The van der Waals surface area contributed by atoms with E-state index in [4.69, 9.17) is 23.2 Å². The van der Waals surface area contributed by atoms with Gasteiger partial charge in [-0.2, -0.15) is 0 Å². The number of hydrogen-bond donors (Lipinski definition) is 2. The van der Waals surface area contributed by atoms with E-state index >= 15 is 0 Å². The van der Waals surface area contributed by atoms with E-state index in [1.165, 1.54) is 0 Å². The molecule has 5 heteroatoms. The summed E-state index contributed by atoms with van der Waals surface area (Å²) in [5, 5.41) is 7.67. The summed E-state index contributed by atoms with van der Waals surface area (Å²) in [5.74, 6) is 0.650. The van der Waals surface area contributed by atoms with Crippen LogP contribution in [0.1, 0.15) is 31.7 Å². The molecule has 2 rings (SSSR count). The number of halogens is 2. The van der Waals surface area contributed by atoms with Crippen LogP contribution in [0.4, 0.5) is 0 Å². The summed E-state index contributed by atoms with van der Waals surface area (Å²) in [7, 11) is 0. The summed E-state index contributed by atoms with van der Waals surface area (Å²) < 4.78 is 0. The molecular weight excluding hydrogens is 307 g/mol. The van der Waals surface area contributed by atoms with Gasteiger partial charge in [0.1, 0.15) is 0 Å². The molecule has 1 aliphatic rings. The fourth-order valence-corrected chi connectivity index (χ4v) is 3.24. The molecule has 3 nitrogen and oxygen atoms in total. The predicted octanol–water partition coefficient (Wildman–Crippen LogP) is 3.43. The van der Waals surface area contributed by atoms with Crippen LogP contribution in [0.25, 0.3) is 0 Å². The van der Waals surface area contributed by atoms with Gasteiger partial charge in [-0.15, -0.1) is 0 Å². The Balaban J connectivity index is 1.80. The first-order chi connectivity index (χ1) is 10.0. The second-order valence-corrected chi connectivity index (χ2v) is 6.65. The molecule has 1 heterocycles. The van der Waals surface area contributed by atoms with Crippen molar-refractivity contribution in [1.82, 2.24) is 10.6 Å². The van der Waals surface area contributed by atoms with Crippen LogP contribution < -0.4 is 10.6 Å². The summed E-state index contributed by atoms with van der Waals surface area (Å²) in [5.41, 5.74) is 1.01. The first-order valence-electron chi connectivity index (χ1n) is 7.48. The average molecular weight is 329 g/mol. The maximum absolute atomic E-state index is 12.1. The molecule has 0 spiro atoms. The van der Waals surface area contributed by atoms with Gasteiger partial charge in [-0.3, -0.25) is 4.79 Å². The van der Waals surface area contributed by atoms with Crippen molar-refractivity contribution in [2.45, 2.75) is 38.6 Å². The highest BCUT2D eigenvalue weighted by molar-refractivity contribution is 6.35. The third-order valence-electron chi connectivity index (χ3n) is 3.88. The zero-order valence-corrected chi connectivity index (χ0v) is 13.8. The van der Waals surface area contributed by atoms with Gasteiger partial charge in [0.2, 0.25) is 5.91 Å². The number of piperidine rings is 1. The van der Waals surface area contributed by atoms with Gasteiger partial charge in [-0.05, 0) is 62.9 Å². The Hall–Kier alpha value is -0.770.